The molecule has 1 rings (SSSR count). The predicted octanol–water partition coefficient (Wildman–Crippen LogP) is 4.17. The molecule has 0 spiro atoms. The summed E-state index contributed by atoms with van der Waals surface area (Å²) in [5.74, 6) is 0. The lowest BCUT2D eigenvalue weighted by atomic mass is 9.96. The molecule has 2 nitrogen and oxygen atoms in total. The van der Waals surface area contributed by atoms with Crippen molar-refractivity contribution in [1.82, 2.24) is 9.55 Å². The molecule has 0 aliphatic heterocycles. The van der Waals surface area contributed by atoms with E-state index in [-0.39, 0.29) is 0 Å². The molecule has 0 saturated heterocycles. The average Bonchev–Trinajstić information content (AvgIpc) is 2.13. The van der Waals surface area contributed by atoms with Gasteiger partial charge >= 0.3 is 0 Å². The van der Waals surface area contributed by atoms with E-state index in [0.29, 0.717) is 6.04 Å². The quantitative estimate of drug-likeness (QED) is 0.622. The highest BCUT2D eigenvalue weighted by atomic mass is 32.1. The second-order valence-corrected chi connectivity index (χ2v) is 17.9. The zero-order valence-corrected chi connectivity index (χ0v) is 15.8. The Kier molecular flexibility index (Phi) is 5.44. The van der Waals surface area contributed by atoms with Crippen LogP contribution in [-0.4, -0.2) is 31.9 Å². The maximum atomic E-state index is 5.74. The molecule has 1 fully saturated rings. The molecule has 0 aromatic carbocycles. The van der Waals surface area contributed by atoms with Crippen molar-refractivity contribution >= 4 is 33.8 Å². The molecule has 0 heterocycles. The largest absolute Gasteiger partial charge is 0.402 e. The summed E-state index contributed by atoms with van der Waals surface area (Å²) in [6.07, 6.45) is 6.72. The highest BCUT2D eigenvalue weighted by molar-refractivity contribution is 7.80. The van der Waals surface area contributed by atoms with Crippen LogP contribution in [0.1, 0.15) is 32.1 Å². The molecular formula is C13H30N2SSi2. The molecule has 0 atom stereocenters. The van der Waals surface area contributed by atoms with Crippen LogP contribution in [0, 0.1) is 0 Å². The van der Waals surface area contributed by atoms with Gasteiger partial charge in [-0.05, 0) is 25.1 Å². The Labute approximate surface area is 121 Å². The fourth-order valence-corrected chi connectivity index (χ4v) is 14.3. The molecule has 0 amide bonds. The first-order valence-corrected chi connectivity index (χ1v) is 14.5. The SMILES string of the molecule is C[Si](C)(C)N(C(=S)NC1CCCCC1)[Si](C)(C)C. The Hall–Kier alpha value is 0.124. The summed E-state index contributed by atoms with van der Waals surface area (Å²) < 4.78 is 2.62. The number of hydrogen-bond donors (Lipinski definition) is 1. The molecule has 18 heavy (non-hydrogen) atoms. The van der Waals surface area contributed by atoms with Crippen molar-refractivity contribution in [3.8, 4) is 0 Å². The van der Waals surface area contributed by atoms with E-state index >= 15 is 0 Å². The third kappa shape index (κ3) is 4.66. The topological polar surface area (TPSA) is 15.3 Å². The minimum absolute atomic E-state index is 0.626. The van der Waals surface area contributed by atoms with E-state index in [9.17, 15) is 0 Å². The van der Waals surface area contributed by atoms with Gasteiger partial charge in [0.1, 0.15) is 16.5 Å². The van der Waals surface area contributed by atoms with Crippen LogP contribution in [0.3, 0.4) is 0 Å². The minimum atomic E-state index is -1.38. The Morgan fingerprint density at radius 2 is 1.39 bits per heavy atom. The third-order valence-corrected chi connectivity index (χ3v) is 11.3. The van der Waals surface area contributed by atoms with Crippen LogP contribution in [0.4, 0.5) is 0 Å². The van der Waals surface area contributed by atoms with E-state index in [4.69, 9.17) is 12.2 Å². The molecule has 0 radical (unpaired) electrons. The molecule has 0 aromatic heterocycles. The zero-order chi connectivity index (χ0) is 14.0. The fraction of sp³-hybridized carbons (Fsp3) is 0.923. The summed E-state index contributed by atoms with van der Waals surface area (Å²) in [4.78, 5) is 0. The van der Waals surface area contributed by atoms with E-state index in [1.165, 1.54) is 32.1 Å². The van der Waals surface area contributed by atoms with E-state index in [1.807, 2.05) is 0 Å². The Morgan fingerprint density at radius 3 is 1.78 bits per heavy atom. The van der Waals surface area contributed by atoms with Crippen LogP contribution in [0.2, 0.25) is 39.3 Å². The Bertz CT molecular complexity index is 274. The monoisotopic (exact) mass is 302 g/mol. The van der Waals surface area contributed by atoms with E-state index < -0.39 is 16.5 Å². The molecule has 5 heteroatoms. The summed E-state index contributed by atoms with van der Waals surface area (Å²) in [5, 5.41) is 4.70. The predicted molar refractivity (Wildman–Crippen MR) is 91.1 cm³/mol. The summed E-state index contributed by atoms with van der Waals surface area (Å²) in [5.41, 5.74) is 0. The van der Waals surface area contributed by atoms with Gasteiger partial charge in [-0.3, -0.25) is 0 Å². The molecule has 0 aromatic rings. The third-order valence-electron chi connectivity index (χ3n) is 3.48. The lowest BCUT2D eigenvalue weighted by Crippen LogP contribution is -2.65. The number of nitrogens with one attached hydrogen (secondary N) is 1. The molecule has 1 N–H and O–H groups in total. The van der Waals surface area contributed by atoms with E-state index in [1.54, 1.807) is 0 Å². The average molecular weight is 303 g/mol. The van der Waals surface area contributed by atoms with Gasteiger partial charge in [0.25, 0.3) is 0 Å². The number of rotatable bonds is 3. The number of nitrogens with zero attached hydrogens (tertiary/aromatic N) is 1. The minimum Gasteiger partial charge on any atom is -0.402 e. The molecule has 1 aliphatic rings. The van der Waals surface area contributed by atoms with Gasteiger partial charge in [0.2, 0.25) is 0 Å². The molecular weight excluding hydrogens is 272 g/mol. The lowest BCUT2D eigenvalue weighted by Gasteiger charge is -2.46. The normalized spacial score (nSPS) is 18.6. The van der Waals surface area contributed by atoms with Gasteiger partial charge in [0, 0.05) is 6.04 Å². The van der Waals surface area contributed by atoms with Crippen molar-refractivity contribution in [1.29, 1.82) is 0 Å². The van der Waals surface area contributed by atoms with Crippen molar-refractivity contribution in [3.05, 3.63) is 0 Å². The van der Waals surface area contributed by atoms with Gasteiger partial charge in [0.15, 0.2) is 5.11 Å². The van der Waals surface area contributed by atoms with Crippen LogP contribution in [0.15, 0.2) is 0 Å². The van der Waals surface area contributed by atoms with Crippen molar-refractivity contribution < 1.29 is 0 Å². The maximum absolute atomic E-state index is 5.74. The molecule has 106 valence electrons. The molecule has 1 saturated carbocycles. The first kappa shape index (κ1) is 16.2. The summed E-state index contributed by atoms with van der Waals surface area (Å²) in [7, 11) is -2.76. The Balaban J connectivity index is 2.71. The zero-order valence-electron chi connectivity index (χ0n) is 13.0. The van der Waals surface area contributed by atoms with Gasteiger partial charge in [-0.1, -0.05) is 58.5 Å². The van der Waals surface area contributed by atoms with Crippen LogP contribution in [0.5, 0.6) is 0 Å². The van der Waals surface area contributed by atoms with Gasteiger partial charge in [-0.2, -0.15) is 0 Å². The molecule has 0 bridgehead atoms. The molecule has 0 unspecified atom stereocenters. The van der Waals surface area contributed by atoms with Crippen molar-refractivity contribution in [2.24, 2.45) is 0 Å². The summed E-state index contributed by atoms with van der Waals surface area (Å²) in [6.45, 7) is 14.4. The first-order valence-electron chi connectivity index (χ1n) is 7.23. The van der Waals surface area contributed by atoms with Crippen LogP contribution in [-0.2, 0) is 0 Å². The van der Waals surface area contributed by atoms with E-state index in [2.05, 4.69) is 48.8 Å². The highest BCUT2D eigenvalue weighted by Crippen LogP contribution is 2.22. The standard InChI is InChI=1S/C13H30N2SSi2/c1-17(2,3)15(18(4,5)6)13(16)14-12-10-8-7-9-11-12/h12H,7-11H2,1-6H3,(H,14,16). The smallest absolute Gasteiger partial charge is 0.152 e. The van der Waals surface area contributed by atoms with Crippen molar-refractivity contribution in [3.63, 3.8) is 0 Å². The van der Waals surface area contributed by atoms with Gasteiger partial charge in [-0.15, -0.1) is 0 Å². The summed E-state index contributed by atoms with van der Waals surface area (Å²) >= 11 is 5.74. The van der Waals surface area contributed by atoms with E-state index in [0.717, 1.165) is 5.11 Å². The maximum Gasteiger partial charge on any atom is 0.152 e. The highest BCUT2D eigenvalue weighted by Gasteiger charge is 2.36. The Morgan fingerprint density at radius 1 is 0.944 bits per heavy atom. The van der Waals surface area contributed by atoms with Crippen LogP contribution >= 0.6 is 12.2 Å². The lowest BCUT2D eigenvalue weighted by molar-refractivity contribution is 0.410. The molecule has 1 aliphatic carbocycles. The van der Waals surface area contributed by atoms with Gasteiger partial charge in [0.05, 0.1) is 0 Å². The van der Waals surface area contributed by atoms with Crippen LogP contribution in [0.25, 0.3) is 0 Å². The number of hydrogen-bond acceptors (Lipinski definition) is 1. The van der Waals surface area contributed by atoms with Crippen LogP contribution < -0.4 is 5.32 Å². The van der Waals surface area contributed by atoms with Gasteiger partial charge < -0.3 is 9.55 Å². The second-order valence-electron chi connectivity index (χ2n) is 7.46. The van der Waals surface area contributed by atoms with Crippen molar-refractivity contribution in [2.45, 2.75) is 77.4 Å². The first-order chi connectivity index (χ1) is 8.12. The second kappa shape index (κ2) is 6.05. The fourth-order valence-electron chi connectivity index (χ4n) is 3.10. The number of thiocarbonyl (C=S) groups is 1. The van der Waals surface area contributed by atoms with Crippen molar-refractivity contribution in [2.75, 3.05) is 0 Å². The van der Waals surface area contributed by atoms with Gasteiger partial charge in [-0.25, -0.2) is 0 Å². The summed E-state index contributed by atoms with van der Waals surface area (Å²) in [6, 6.07) is 0.626.